The van der Waals surface area contributed by atoms with Gasteiger partial charge in [0.15, 0.2) is 0 Å². The molecular weight excluding hydrogens is 284 g/mol. The van der Waals surface area contributed by atoms with E-state index in [2.05, 4.69) is 22.1 Å². The molecule has 1 unspecified atom stereocenters. The molecule has 108 valence electrons. The summed E-state index contributed by atoms with van der Waals surface area (Å²) in [4.78, 5) is 17.3. The Balaban J connectivity index is 1.98. The Bertz CT molecular complexity index is 639. The number of thiophene rings is 1. The molecule has 2 aromatic heterocycles. The van der Waals surface area contributed by atoms with Gasteiger partial charge in [0.1, 0.15) is 5.69 Å². The lowest BCUT2D eigenvalue weighted by Crippen LogP contribution is -2.26. The van der Waals surface area contributed by atoms with Gasteiger partial charge in [-0.2, -0.15) is 0 Å². The first-order chi connectivity index (χ1) is 10.2. The van der Waals surface area contributed by atoms with Gasteiger partial charge < -0.3 is 10.4 Å². The quantitative estimate of drug-likeness (QED) is 0.852. The molecule has 2 N–H and O–H groups in total. The predicted molar refractivity (Wildman–Crippen MR) is 83.0 cm³/mol. The minimum atomic E-state index is -0.203. The Kier molecular flexibility index (Phi) is 5.50. The fourth-order valence-electron chi connectivity index (χ4n) is 1.70. The number of nitrogens with one attached hydrogen (secondary N) is 1. The molecule has 2 aromatic rings. The van der Waals surface area contributed by atoms with Gasteiger partial charge in [-0.25, -0.2) is 4.98 Å². The van der Waals surface area contributed by atoms with Crippen LogP contribution >= 0.6 is 11.3 Å². The third-order valence-electron chi connectivity index (χ3n) is 2.78. The van der Waals surface area contributed by atoms with Crippen LogP contribution in [0.3, 0.4) is 0 Å². The van der Waals surface area contributed by atoms with Crippen molar-refractivity contribution in [2.24, 2.45) is 0 Å². The maximum atomic E-state index is 12.1. The van der Waals surface area contributed by atoms with Crippen LogP contribution < -0.4 is 5.32 Å². The van der Waals surface area contributed by atoms with E-state index in [0.717, 1.165) is 10.4 Å². The summed E-state index contributed by atoms with van der Waals surface area (Å²) >= 11 is 1.61. The maximum Gasteiger partial charge on any atom is 0.270 e. The molecule has 0 aliphatic carbocycles. The Morgan fingerprint density at radius 2 is 2.33 bits per heavy atom. The molecule has 21 heavy (non-hydrogen) atoms. The van der Waals surface area contributed by atoms with Crippen LogP contribution in [0.2, 0.25) is 0 Å². The lowest BCUT2D eigenvalue weighted by atomic mass is 10.2. The van der Waals surface area contributed by atoms with E-state index in [-0.39, 0.29) is 18.6 Å². The van der Waals surface area contributed by atoms with E-state index in [1.807, 2.05) is 24.4 Å². The normalized spacial score (nSPS) is 11.3. The van der Waals surface area contributed by atoms with Gasteiger partial charge >= 0.3 is 0 Å². The SMILES string of the molecule is CC(NC(=O)c1ccc(C#CCCO)cn1)c1cccs1. The summed E-state index contributed by atoms with van der Waals surface area (Å²) in [6.45, 7) is 1.99. The molecule has 0 saturated heterocycles. The topological polar surface area (TPSA) is 62.2 Å². The highest BCUT2D eigenvalue weighted by Gasteiger charge is 2.12. The molecular formula is C16H16N2O2S. The van der Waals surface area contributed by atoms with Crippen molar-refractivity contribution >= 4 is 17.2 Å². The van der Waals surface area contributed by atoms with Crippen molar-refractivity contribution in [2.45, 2.75) is 19.4 Å². The van der Waals surface area contributed by atoms with Crippen LogP contribution in [-0.2, 0) is 0 Å². The minimum absolute atomic E-state index is 0.0386. The van der Waals surface area contributed by atoms with E-state index in [1.54, 1.807) is 29.7 Å². The highest BCUT2D eigenvalue weighted by molar-refractivity contribution is 7.10. The van der Waals surface area contributed by atoms with Crippen LogP contribution in [0.15, 0.2) is 35.8 Å². The number of aliphatic hydroxyl groups is 1. The number of hydrogen-bond donors (Lipinski definition) is 2. The van der Waals surface area contributed by atoms with Gasteiger partial charge in [0.05, 0.1) is 12.6 Å². The number of hydrogen-bond acceptors (Lipinski definition) is 4. The summed E-state index contributed by atoms with van der Waals surface area (Å²) in [6, 6.07) is 7.31. The molecule has 5 heteroatoms. The fourth-order valence-corrected chi connectivity index (χ4v) is 2.44. The molecule has 4 nitrogen and oxygen atoms in total. The van der Waals surface area contributed by atoms with Crippen molar-refractivity contribution in [2.75, 3.05) is 6.61 Å². The van der Waals surface area contributed by atoms with E-state index in [1.165, 1.54) is 0 Å². The highest BCUT2D eigenvalue weighted by atomic mass is 32.1. The average Bonchev–Trinajstić information content (AvgIpc) is 3.02. The zero-order valence-corrected chi connectivity index (χ0v) is 12.5. The van der Waals surface area contributed by atoms with Gasteiger partial charge in [-0.1, -0.05) is 17.9 Å². The van der Waals surface area contributed by atoms with Crippen LogP contribution in [0.25, 0.3) is 0 Å². The molecule has 1 amide bonds. The molecule has 0 bridgehead atoms. The summed E-state index contributed by atoms with van der Waals surface area (Å²) < 4.78 is 0. The van der Waals surface area contributed by atoms with Gasteiger partial charge in [0, 0.05) is 23.1 Å². The molecule has 0 fully saturated rings. The summed E-state index contributed by atoms with van der Waals surface area (Å²) in [5.74, 6) is 5.48. The second-order valence-corrected chi connectivity index (χ2v) is 5.40. The number of carbonyl (C=O) groups is 1. The molecule has 2 heterocycles. The molecule has 1 atom stereocenters. The number of rotatable bonds is 4. The van der Waals surface area contributed by atoms with Gasteiger partial charge in [-0.05, 0) is 30.5 Å². The first-order valence-corrected chi connectivity index (χ1v) is 7.48. The summed E-state index contributed by atoms with van der Waals surface area (Å²) in [6.07, 6.45) is 2.00. The standard InChI is InChI=1S/C16H16N2O2S/c1-12(15-6-4-10-21-15)18-16(20)14-8-7-13(11-17-14)5-2-3-9-19/h4,6-8,10-12,19H,3,9H2,1H3,(H,18,20). The molecule has 0 saturated carbocycles. The highest BCUT2D eigenvalue weighted by Crippen LogP contribution is 2.18. The molecule has 0 aromatic carbocycles. The lowest BCUT2D eigenvalue weighted by molar-refractivity contribution is 0.0935. The minimum Gasteiger partial charge on any atom is -0.395 e. The zero-order valence-electron chi connectivity index (χ0n) is 11.7. The largest absolute Gasteiger partial charge is 0.395 e. The van der Waals surface area contributed by atoms with Crippen LogP contribution in [0.1, 0.15) is 40.3 Å². The monoisotopic (exact) mass is 300 g/mol. The maximum absolute atomic E-state index is 12.1. The number of carbonyl (C=O) groups excluding carboxylic acids is 1. The Labute approximate surface area is 127 Å². The van der Waals surface area contributed by atoms with Crippen LogP contribution in [-0.4, -0.2) is 22.6 Å². The van der Waals surface area contributed by atoms with Crippen molar-refractivity contribution in [3.63, 3.8) is 0 Å². The summed E-state index contributed by atoms with van der Waals surface area (Å²) in [5, 5.41) is 13.5. The third kappa shape index (κ3) is 4.42. The van der Waals surface area contributed by atoms with Crippen molar-refractivity contribution in [1.29, 1.82) is 0 Å². The van der Waals surface area contributed by atoms with Crippen molar-refractivity contribution < 1.29 is 9.90 Å². The second kappa shape index (κ2) is 7.58. The molecule has 2 rings (SSSR count). The van der Waals surface area contributed by atoms with Crippen molar-refractivity contribution in [3.05, 3.63) is 52.0 Å². The third-order valence-corrected chi connectivity index (χ3v) is 3.84. The molecule has 0 spiro atoms. The average molecular weight is 300 g/mol. The van der Waals surface area contributed by atoms with Crippen LogP contribution in [0.5, 0.6) is 0 Å². The number of amides is 1. The van der Waals surface area contributed by atoms with Crippen LogP contribution in [0.4, 0.5) is 0 Å². The van der Waals surface area contributed by atoms with Gasteiger partial charge in [-0.3, -0.25) is 4.79 Å². The molecule has 0 aliphatic rings. The van der Waals surface area contributed by atoms with E-state index in [0.29, 0.717) is 12.1 Å². The van der Waals surface area contributed by atoms with Gasteiger partial charge in [0.25, 0.3) is 5.91 Å². The van der Waals surface area contributed by atoms with E-state index < -0.39 is 0 Å². The Morgan fingerprint density at radius 1 is 1.48 bits per heavy atom. The first kappa shape index (κ1) is 15.2. The fraction of sp³-hybridized carbons (Fsp3) is 0.250. The summed E-state index contributed by atoms with van der Waals surface area (Å²) in [5.41, 5.74) is 1.09. The van der Waals surface area contributed by atoms with E-state index >= 15 is 0 Å². The van der Waals surface area contributed by atoms with E-state index in [4.69, 9.17) is 5.11 Å². The second-order valence-electron chi connectivity index (χ2n) is 4.42. The number of aromatic nitrogens is 1. The summed E-state index contributed by atoms with van der Waals surface area (Å²) in [7, 11) is 0. The number of nitrogens with zero attached hydrogens (tertiary/aromatic N) is 1. The van der Waals surface area contributed by atoms with Crippen molar-refractivity contribution in [3.8, 4) is 11.8 Å². The number of pyridine rings is 1. The van der Waals surface area contributed by atoms with Crippen LogP contribution in [0, 0.1) is 11.8 Å². The zero-order chi connectivity index (χ0) is 15.1. The van der Waals surface area contributed by atoms with E-state index in [9.17, 15) is 4.79 Å². The smallest absolute Gasteiger partial charge is 0.270 e. The van der Waals surface area contributed by atoms with Gasteiger partial charge in [0.2, 0.25) is 0 Å². The number of aliphatic hydroxyl groups excluding tert-OH is 1. The Hall–Kier alpha value is -2.16. The lowest BCUT2D eigenvalue weighted by Gasteiger charge is -2.11. The Morgan fingerprint density at radius 3 is 2.95 bits per heavy atom. The molecule has 0 aliphatic heterocycles. The first-order valence-electron chi connectivity index (χ1n) is 6.60. The molecule has 0 radical (unpaired) electrons. The van der Waals surface area contributed by atoms with Gasteiger partial charge in [-0.15, -0.1) is 11.3 Å². The predicted octanol–water partition coefficient (Wildman–Crippen LogP) is 2.37. The van der Waals surface area contributed by atoms with Crippen molar-refractivity contribution in [1.82, 2.24) is 10.3 Å².